The molecule has 0 aliphatic carbocycles. The molecule has 0 amide bonds. The highest BCUT2D eigenvalue weighted by molar-refractivity contribution is 5.94. The van der Waals surface area contributed by atoms with E-state index in [2.05, 4.69) is 10.4 Å². The first-order valence-electron chi connectivity index (χ1n) is 5.11. The van der Waals surface area contributed by atoms with Gasteiger partial charge in [0.05, 0.1) is 12.7 Å². The normalized spacial score (nSPS) is 21.5. The largest absolute Gasteiger partial charge is 0.375 e. The van der Waals surface area contributed by atoms with Gasteiger partial charge >= 0.3 is 0 Å². The van der Waals surface area contributed by atoms with Gasteiger partial charge in [0.2, 0.25) is 0 Å². The molecule has 1 aromatic rings. The van der Waals surface area contributed by atoms with Crippen molar-refractivity contribution < 1.29 is 9.53 Å². The number of aromatic nitrogens is 2. The molecule has 1 aliphatic heterocycles. The molecular formula is C10H15N3O2. The Labute approximate surface area is 88.4 Å². The third-order valence-corrected chi connectivity index (χ3v) is 2.42. The molecule has 1 fully saturated rings. The highest BCUT2D eigenvalue weighted by atomic mass is 16.5. The predicted molar refractivity (Wildman–Crippen MR) is 54.8 cm³/mol. The van der Waals surface area contributed by atoms with E-state index in [0.29, 0.717) is 18.7 Å². The van der Waals surface area contributed by atoms with E-state index in [1.54, 1.807) is 24.0 Å². The van der Waals surface area contributed by atoms with Crippen molar-refractivity contribution in [3.8, 4) is 0 Å². The topological polar surface area (TPSA) is 56.2 Å². The molecule has 2 rings (SSSR count). The van der Waals surface area contributed by atoms with Crippen LogP contribution in [0.4, 0.5) is 0 Å². The molecule has 2 heterocycles. The summed E-state index contributed by atoms with van der Waals surface area (Å²) in [5.74, 6) is 0.0456. The summed E-state index contributed by atoms with van der Waals surface area (Å²) in [6, 6.07) is 1.73. The standard InChI is InChI=1S/C10H15N3O2/c1-13-4-2-9(12-13)10(14)6-8-7-11-3-5-15-8/h2,4,8,11H,3,5-7H2,1H3. The lowest BCUT2D eigenvalue weighted by Crippen LogP contribution is -2.39. The molecule has 5 heteroatoms. The first kappa shape index (κ1) is 10.3. The number of aryl methyl sites for hydroxylation is 1. The third-order valence-electron chi connectivity index (χ3n) is 2.42. The second-order valence-electron chi connectivity index (χ2n) is 3.70. The summed E-state index contributed by atoms with van der Waals surface area (Å²) in [5, 5.41) is 7.26. The summed E-state index contributed by atoms with van der Waals surface area (Å²) in [7, 11) is 1.80. The molecular weight excluding hydrogens is 194 g/mol. The molecule has 1 saturated heterocycles. The van der Waals surface area contributed by atoms with Crippen LogP contribution in [0.5, 0.6) is 0 Å². The smallest absolute Gasteiger partial charge is 0.185 e. The summed E-state index contributed by atoms with van der Waals surface area (Å²) in [6.07, 6.45) is 2.17. The highest BCUT2D eigenvalue weighted by Crippen LogP contribution is 2.07. The van der Waals surface area contributed by atoms with E-state index in [4.69, 9.17) is 4.74 Å². The van der Waals surface area contributed by atoms with Crippen molar-refractivity contribution in [2.45, 2.75) is 12.5 Å². The number of carbonyl (C=O) groups excluding carboxylic acids is 1. The average molecular weight is 209 g/mol. The van der Waals surface area contributed by atoms with Crippen molar-refractivity contribution in [1.82, 2.24) is 15.1 Å². The number of morpholine rings is 1. The maximum atomic E-state index is 11.7. The molecule has 1 aromatic heterocycles. The molecule has 1 atom stereocenters. The number of hydrogen-bond acceptors (Lipinski definition) is 4. The second kappa shape index (κ2) is 4.55. The Hall–Kier alpha value is -1.20. The van der Waals surface area contributed by atoms with Gasteiger partial charge in [0, 0.05) is 32.8 Å². The van der Waals surface area contributed by atoms with E-state index in [0.717, 1.165) is 13.1 Å². The number of nitrogens with zero attached hydrogens (tertiary/aromatic N) is 2. The van der Waals surface area contributed by atoms with Gasteiger partial charge in [-0.1, -0.05) is 0 Å². The molecule has 5 nitrogen and oxygen atoms in total. The van der Waals surface area contributed by atoms with Gasteiger partial charge in [-0.05, 0) is 6.07 Å². The Morgan fingerprint density at radius 2 is 2.67 bits per heavy atom. The van der Waals surface area contributed by atoms with Crippen molar-refractivity contribution in [1.29, 1.82) is 0 Å². The van der Waals surface area contributed by atoms with Crippen molar-refractivity contribution in [2.75, 3.05) is 19.7 Å². The van der Waals surface area contributed by atoms with Gasteiger partial charge in [0.1, 0.15) is 5.69 Å². The number of rotatable bonds is 3. The van der Waals surface area contributed by atoms with Crippen molar-refractivity contribution in [2.24, 2.45) is 7.05 Å². The van der Waals surface area contributed by atoms with Crippen molar-refractivity contribution in [3.63, 3.8) is 0 Å². The van der Waals surface area contributed by atoms with Crippen molar-refractivity contribution >= 4 is 5.78 Å². The maximum Gasteiger partial charge on any atom is 0.185 e. The fraction of sp³-hybridized carbons (Fsp3) is 0.600. The second-order valence-corrected chi connectivity index (χ2v) is 3.70. The zero-order chi connectivity index (χ0) is 10.7. The number of carbonyl (C=O) groups is 1. The molecule has 1 aliphatic rings. The third kappa shape index (κ3) is 2.64. The Bertz CT molecular complexity index is 342. The summed E-state index contributed by atoms with van der Waals surface area (Å²) in [5.41, 5.74) is 0.520. The van der Waals surface area contributed by atoms with Gasteiger partial charge in [0.25, 0.3) is 0 Å². The first-order valence-corrected chi connectivity index (χ1v) is 5.11. The Kier molecular flexibility index (Phi) is 3.13. The zero-order valence-corrected chi connectivity index (χ0v) is 8.77. The molecule has 0 spiro atoms. The highest BCUT2D eigenvalue weighted by Gasteiger charge is 2.19. The predicted octanol–water partition coefficient (Wildman–Crippen LogP) is -0.0187. The number of nitrogens with one attached hydrogen (secondary N) is 1. The van der Waals surface area contributed by atoms with E-state index in [-0.39, 0.29) is 11.9 Å². The summed E-state index contributed by atoms with van der Waals surface area (Å²) < 4.78 is 7.09. The molecule has 0 bridgehead atoms. The lowest BCUT2D eigenvalue weighted by Gasteiger charge is -2.22. The van der Waals surface area contributed by atoms with Gasteiger partial charge in [-0.3, -0.25) is 9.48 Å². The van der Waals surface area contributed by atoms with Crippen LogP contribution < -0.4 is 5.32 Å². The van der Waals surface area contributed by atoms with Crippen LogP contribution in [0.3, 0.4) is 0 Å². The zero-order valence-electron chi connectivity index (χ0n) is 8.77. The average Bonchev–Trinajstić information content (AvgIpc) is 2.66. The lowest BCUT2D eigenvalue weighted by atomic mass is 10.1. The molecule has 0 radical (unpaired) electrons. The Balaban J connectivity index is 1.91. The molecule has 15 heavy (non-hydrogen) atoms. The molecule has 1 unspecified atom stereocenters. The minimum absolute atomic E-state index is 0.00624. The molecule has 0 aromatic carbocycles. The minimum Gasteiger partial charge on any atom is -0.375 e. The van der Waals surface area contributed by atoms with Crippen molar-refractivity contribution in [3.05, 3.63) is 18.0 Å². The van der Waals surface area contributed by atoms with E-state index < -0.39 is 0 Å². The van der Waals surface area contributed by atoms with Crippen LogP contribution in [-0.4, -0.2) is 41.4 Å². The molecule has 1 N–H and O–H groups in total. The fourth-order valence-corrected chi connectivity index (χ4v) is 1.63. The van der Waals surface area contributed by atoms with Crippen LogP contribution >= 0.6 is 0 Å². The fourth-order valence-electron chi connectivity index (χ4n) is 1.63. The van der Waals surface area contributed by atoms with E-state index in [1.165, 1.54) is 0 Å². The van der Waals surface area contributed by atoms with Gasteiger partial charge in [0.15, 0.2) is 5.78 Å². The van der Waals surface area contributed by atoms with Crippen LogP contribution in [-0.2, 0) is 11.8 Å². The monoisotopic (exact) mass is 209 g/mol. The number of ether oxygens (including phenoxy) is 1. The van der Waals surface area contributed by atoms with Crippen LogP contribution in [0.2, 0.25) is 0 Å². The SMILES string of the molecule is Cn1ccc(C(=O)CC2CNCCO2)n1. The number of ketones is 1. The van der Waals surface area contributed by atoms with Crippen LogP contribution in [0.15, 0.2) is 12.3 Å². The number of Topliss-reactive ketones (excluding diaryl/α,β-unsaturated/α-hetero) is 1. The maximum absolute atomic E-state index is 11.7. The summed E-state index contributed by atoms with van der Waals surface area (Å²) >= 11 is 0. The minimum atomic E-state index is -0.00624. The van der Waals surface area contributed by atoms with Crippen LogP contribution in [0.25, 0.3) is 0 Å². The number of hydrogen-bond donors (Lipinski definition) is 1. The van der Waals surface area contributed by atoms with Gasteiger partial charge < -0.3 is 10.1 Å². The summed E-state index contributed by atoms with van der Waals surface area (Å²) in [6.45, 7) is 2.30. The Morgan fingerprint density at radius 1 is 1.80 bits per heavy atom. The molecule has 82 valence electrons. The van der Waals surface area contributed by atoms with E-state index in [1.807, 2.05) is 0 Å². The first-order chi connectivity index (χ1) is 7.25. The van der Waals surface area contributed by atoms with Crippen LogP contribution in [0.1, 0.15) is 16.9 Å². The molecule has 0 saturated carbocycles. The summed E-state index contributed by atoms with van der Waals surface area (Å²) in [4.78, 5) is 11.7. The lowest BCUT2D eigenvalue weighted by molar-refractivity contribution is 0.0238. The quantitative estimate of drug-likeness (QED) is 0.711. The van der Waals surface area contributed by atoms with E-state index >= 15 is 0 Å². The van der Waals surface area contributed by atoms with Gasteiger partial charge in [-0.25, -0.2) is 0 Å². The van der Waals surface area contributed by atoms with Gasteiger partial charge in [-0.15, -0.1) is 0 Å². The Morgan fingerprint density at radius 3 is 3.27 bits per heavy atom. The van der Waals surface area contributed by atoms with Crippen LogP contribution in [0, 0.1) is 0 Å². The van der Waals surface area contributed by atoms with Gasteiger partial charge in [-0.2, -0.15) is 5.10 Å². The van der Waals surface area contributed by atoms with E-state index in [9.17, 15) is 4.79 Å².